The number of aliphatic hydroxyl groups excluding tert-OH is 1. The Balaban J connectivity index is 1.54. The number of hydrogen-bond acceptors (Lipinski definition) is 5. The molecule has 0 aromatic heterocycles. The average molecular weight is 337 g/mol. The fourth-order valence-electron chi connectivity index (χ4n) is 3.37. The van der Waals surface area contributed by atoms with Gasteiger partial charge in [-0.15, -0.1) is 0 Å². The fourth-order valence-corrected chi connectivity index (χ4v) is 3.37. The van der Waals surface area contributed by atoms with Crippen LogP contribution in [0.2, 0.25) is 0 Å². The largest absolute Gasteiger partial charge is 0.390 e. The minimum atomic E-state index is -0.480. The molecule has 0 spiro atoms. The minimum Gasteiger partial charge on any atom is -0.390 e. The summed E-state index contributed by atoms with van der Waals surface area (Å²) >= 11 is 0. The normalized spacial score (nSPS) is 25.8. The number of halogens is 1. The van der Waals surface area contributed by atoms with Crippen molar-refractivity contribution >= 4 is 11.6 Å². The molecule has 0 radical (unpaired) electrons. The van der Waals surface area contributed by atoms with Gasteiger partial charge in [0, 0.05) is 32.2 Å². The molecular weight excluding hydrogens is 313 g/mol. The average Bonchev–Trinajstić information content (AvgIpc) is 2.92. The number of carbonyl (C=O) groups is 1. The summed E-state index contributed by atoms with van der Waals surface area (Å²) in [4.78, 5) is 16.3. The smallest absolute Gasteiger partial charge is 0.238 e. The lowest BCUT2D eigenvalue weighted by Crippen LogP contribution is -2.49. The van der Waals surface area contributed by atoms with Gasteiger partial charge in [0.15, 0.2) is 0 Å². The number of aryl methyl sites for hydroxylation is 1. The predicted molar refractivity (Wildman–Crippen MR) is 88.4 cm³/mol. The molecule has 2 aliphatic rings. The number of benzene rings is 1. The molecule has 132 valence electrons. The van der Waals surface area contributed by atoms with E-state index >= 15 is 0 Å². The van der Waals surface area contributed by atoms with Crippen LogP contribution in [0.5, 0.6) is 0 Å². The highest BCUT2D eigenvalue weighted by Crippen LogP contribution is 2.19. The van der Waals surface area contributed by atoms with Crippen LogP contribution in [-0.2, 0) is 9.53 Å². The van der Waals surface area contributed by atoms with Crippen molar-refractivity contribution in [3.8, 4) is 0 Å². The molecule has 0 bridgehead atoms. The molecule has 2 heterocycles. The van der Waals surface area contributed by atoms with E-state index < -0.39 is 11.9 Å². The topological polar surface area (TPSA) is 65.0 Å². The molecule has 2 atom stereocenters. The van der Waals surface area contributed by atoms with Crippen LogP contribution >= 0.6 is 0 Å². The van der Waals surface area contributed by atoms with Crippen LogP contribution in [0.1, 0.15) is 5.56 Å². The second-order valence-corrected chi connectivity index (χ2v) is 6.51. The quantitative estimate of drug-likeness (QED) is 0.835. The van der Waals surface area contributed by atoms with Crippen molar-refractivity contribution < 1.29 is 19.0 Å². The lowest BCUT2D eigenvalue weighted by molar-refractivity contribution is -0.117. The lowest BCUT2D eigenvalue weighted by Gasteiger charge is -2.33. The number of ether oxygens (including phenoxy) is 1. The van der Waals surface area contributed by atoms with Crippen molar-refractivity contribution in [3.63, 3.8) is 0 Å². The molecule has 2 aliphatic heterocycles. The maximum Gasteiger partial charge on any atom is 0.238 e. The van der Waals surface area contributed by atoms with E-state index in [2.05, 4.69) is 10.2 Å². The maximum atomic E-state index is 13.7. The summed E-state index contributed by atoms with van der Waals surface area (Å²) in [7, 11) is 0. The first kappa shape index (κ1) is 17.3. The molecule has 1 amide bonds. The van der Waals surface area contributed by atoms with Gasteiger partial charge in [0.05, 0.1) is 31.5 Å². The van der Waals surface area contributed by atoms with E-state index in [0.717, 1.165) is 18.7 Å². The van der Waals surface area contributed by atoms with Gasteiger partial charge >= 0.3 is 0 Å². The number of aliphatic hydroxyl groups is 1. The first-order valence-electron chi connectivity index (χ1n) is 8.31. The van der Waals surface area contributed by atoms with Gasteiger partial charge in [0.25, 0.3) is 0 Å². The Labute approximate surface area is 141 Å². The first-order chi connectivity index (χ1) is 11.5. The molecule has 6 nitrogen and oxygen atoms in total. The van der Waals surface area contributed by atoms with Crippen LogP contribution in [0, 0.1) is 12.7 Å². The van der Waals surface area contributed by atoms with E-state index in [0.29, 0.717) is 26.3 Å². The van der Waals surface area contributed by atoms with Gasteiger partial charge in [-0.1, -0.05) is 6.07 Å². The Morgan fingerprint density at radius 3 is 2.88 bits per heavy atom. The molecular formula is C17H24FN3O3. The highest BCUT2D eigenvalue weighted by molar-refractivity contribution is 5.92. The van der Waals surface area contributed by atoms with Gasteiger partial charge in [0.1, 0.15) is 5.82 Å². The molecule has 2 N–H and O–H groups in total. The highest BCUT2D eigenvalue weighted by Gasteiger charge is 2.36. The van der Waals surface area contributed by atoms with Crippen molar-refractivity contribution in [1.29, 1.82) is 0 Å². The van der Waals surface area contributed by atoms with E-state index in [1.54, 1.807) is 12.1 Å². The number of β-amino-alcohol motifs (C(OH)–C–C–N with tert-alkyl or cyclic N) is 1. The third-order valence-electron chi connectivity index (χ3n) is 4.61. The summed E-state index contributed by atoms with van der Waals surface area (Å²) in [5.41, 5.74) is 1.08. The molecule has 2 saturated heterocycles. The maximum absolute atomic E-state index is 13.7. The standard InChI is InChI=1S/C17H24FN3O3/c1-12-2-3-13(18)14(8-12)19-17(23)11-20-9-15(16(22)10-20)21-4-6-24-7-5-21/h2-3,8,15-16,22H,4-7,9-11H2,1H3,(H,19,23). The molecule has 0 aliphatic carbocycles. The van der Waals surface area contributed by atoms with Crippen LogP contribution < -0.4 is 5.32 Å². The zero-order valence-electron chi connectivity index (χ0n) is 13.9. The van der Waals surface area contributed by atoms with E-state index in [-0.39, 0.29) is 24.2 Å². The summed E-state index contributed by atoms with van der Waals surface area (Å²) in [5, 5.41) is 12.9. The number of nitrogens with zero attached hydrogens (tertiary/aromatic N) is 2. The van der Waals surface area contributed by atoms with Crippen LogP contribution in [-0.4, -0.2) is 78.9 Å². The Morgan fingerprint density at radius 1 is 1.38 bits per heavy atom. The summed E-state index contributed by atoms with van der Waals surface area (Å²) < 4.78 is 19.1. The molecule has 0 saturated carbocycles. The van der Waals surface area contributed by atoms with Crippen molar-refractivity contribution in [2.45, 2.75) is 19.1 Å². The molecule has 1 aromatic carbocycles. The Morgan fingerprint density at radius 2 is 2.12 bits per heavy atom. The SMILES string of the molecule is Cc1ccc(F)c(NC(=O)CN2CC(O)C(N3CCOCC3)C2)c1. The van der Waals surface area contributed by atoms with E-state index in [1.807, 2.05) is 11.8 Å². The molecule has 2 fully saturated rings. The van der Waals surface area contributed by atoms with Crippen molar-refractivity contribution in [2.24, 2.45) is 0 Å². The fraction of sp³-hybridized carbons (Fsp3) is 0.588. The monoisotopic (exact) mass is 337 g/mol. The van der Waals surface area contributed by atoms with Gasteiger partial charge in [-0.3, -0.25) is 14.6 Å². The van der Waals surface area contributed by atoms with Gasteiger partial charge in [-0.05, 0) is 24.6 Å². The van der Waals surface area contributed by atoms with Crippen LogP contribution in [0.25, 0.3) is 0 Å². The number of nitrogens with one attached hydrogen (secondary N) is 1. The Kier molecular flexibility index (Phi) is 5.45. The number of anilines is 1. The third kappa shape index (κ3) is 4.10. The van der Waals surface area contributed by atoms with Crippen molar-refractivity contribution in [1.82, 2.24) is 9.80 Å². The Hall–Kier alpha value is -1.54. The summed E-state index contributed by atoms with van der Waals surface area (Å²) in [6.45, 7) is 6.03. The van der Waals surface area contributed by atoms with E-state index in [1.165, 1.54) is 6.07 Å². The number of likely N-dealkylation sites (tertiary alicyclic amines) is 1. The number of amides is 1. The number of hydrogen-bond donors (Lipinski definition) is 2. The van der Waals surface area contributed by atoms with Crippen molar-refractivity contribution in [2.75, 3.05) is 51.3 Å². The van der Waals surface area contributed by atoms with Crippen LogP contribution in [0.3, 0.4) is 0 Å². The highest BCUT2D eigenvalue weighted by atomic mass is 19.1. The van der Waals surface area contributed by atoms with E-state index in [9.17, 15) is 14.3 Å². The summed E-state index contributed by atoms with van der Waals surface area (Å²) in [6, 6.07) is 4.65. The predicted octanol–water partition coefficient (Wildman–Crippen LogP) is 0.450. The van der Waals surface area contributed by atoms with Crippen LogP contribution in [0.15, 0.2) is 18.2 Å². The zero-order chi connectivity index (χ0) is 17.1. The summed E-state index contributed by atoms with van der Waals surface area (Å²) in [6.07, 6.45) is -0.480. The van der Waals surface area contributed by atoms with Gasteiger partial charge < -0.3 is 15.2 Å². The molecule has 2 unspecified atom stereocenters. The molecule has 7 heteroatoms. The van der Waals surface area contributed by atoms with Gasteiger partial charge in [-0.2, -0.15) is 0 Å². The van der Waals surface area contributed by atoms with Gasteiger partial charge in [0.2, 0.25) is 5.91 Å². The Bertz CT molecular complexity index is 592. The second kappa shape index (κ2) is 7.57. The minimum absolute atomic E-state index is 0.0254. The molecule has 24 heavy (non-hydrogen) atoms. The second-order valence-electron chi connectivity index (χ2n) is 6.51. The molecule has 1 aromatic rings. The van der Waals surface area contributed by atoms with E-state index in [4.69, 9.17) is 4.74 Å². The van der Waals surface area contributed by atoms with Crippen molar-refractivity contribution in [3.05, 3.63) is 29.6 Å². The molecule has 3 rings (SSSR count). The number of rotatable bonds is 4. The van der Waals surface area contributed by atoms with Gasteiger partial charge in [-0.25, -0.2) is 4.39 Å². The first-order valence-corrected chi connectivity index (χ1v) is 8.31. The number of morpholine rings is 1. The summed E-state index contributed by atoms with van der Waals surface area (Å²) in [5.74, 6) is -0.712. The van der Waals surface area contributed by atoms with Crippen LogP contribution in [0.4, 0.5) is 10.1 Å². The zero-order valence-corrected chi connectivity index (χ0v) is 13.9. The number of carbonyl (C=O) groups excluding carboxylic acids is 1. The third-order valence-corrected chi connectivity index (χ3v) is 4.61. The lowest BCUT2D eigenvalue weighted by atomic mass is 10.2.